The average Bonchev–Trinajstić information content (AvgIpc) is 3.21. The van der Waals surface area contributed by atoms with Crippen LogP contribution in [0.1, 0.15) is 41.1 Å². The van der Waals surface area contributed by atoms with Crippen molar-refractivity contribution in [3.05, 3.63) is 174 Å². The third-order valence-electron chi connectivity index (χ3n) is 8.71. The zero-order valence-electron chi connectivity index (χ0n) is 28.4. The fourth-order valence-corrected chi connectivity index (χ4v) is 6.87. The second-order valence-electron chi connectivity index (χ2n) is 12.4. The van der Waals surface area contributed by atoms with E-state index >= 15 is 0 Å². The summed E-state index contributed by atoms with van der Waals surface area (Å²) in [5.41, 5.74) is 6.52. The van der Waals surface area contributed by atoms with Crippen LogP contribution in [0.15, 0.2) is 157 Å². The molecule has 9 heteroatoms. The number of nitrogens with zero attached hydrogens (tertiary/aromatic N) is 1. The monoisotopic (exact) mass is 709 g/mol. The smallest absolute Gasteiger partial charge is 0.319 e. The number of nitrogens with one attached hydrogen (secondary N) is 2. The molecule has 5 aromatic carbocycles. The number of aliphatic hydroxyl groups excluding tert-OH is 1. The molecule has 7 rings (SSSR count). The fourth-order valence-electron chi connectivity index (χ4n) is 5.99. The van der Waals surface area contributed by atoms with Crippen molar-refractivity contribution < 1.29 is 24.1 Å². The summed E-state index contributed by atoms with van der Waals surface area (Å²) in [6.07, 6.45) is 1.72. The van der Waals surface area contributed by atoms with Gasteiger partial charge >= 0.3 is 6.03 Å². The summed E-state index contributed by atoms with van der Waals surface area (Å²) in [6.45, 7) is 0.347. The van der Waals surface area contributed by atoms with Crippen LogP contribution in [0.5, 0.6) is 11.5 Å². The number of carbonyl (C=O) groups excluding carboxylic acids is 1. The maximum Gasteiger partial charge on any atom is 0.319 e. The summed E-state index contributed by atoms with van der Waals surface area (Å²) in [7, 11) is 0. The number of aromatic nitrogens is 1. The summed E-state index contributed by atoms with van der Waals surface area (Å²) in [5.74, 6) is 2.18. The summed E-state index contributed by atoms with van der Waals surface area (Å²) in [4.78, 5) is 17.3. The number of carbonyl (C=O) groups is 1. The first kappa shape index (κ1) is 35.0. The number of ether oxygens (including phenoxy) is 3. The van der Waals surface area contributed by atoms with Gasteiger partial charge in [0.05, 0.1) is 23.8 Å². The van der Waals surface area contributed by atoms with E-state index in [1.165, 1.54) is 0 Å². The Morgan fingerprint density at radius 1 is 0.769 bits per heavy atom. The highest BCUT2D eigenvalue weighted by Gasteiger charge is 2.32. The van der Waals surface area contributed by atoms with Crippen molar-refractivity contribution in [1.82, 2.24) is 10.3 Å². The Morgan fingerprint density at radius 3 is 2.23 bits per heavy atom. The Bertz CT molecular complexity index is 2030. The topological polar surface area (TPSA) is 102 Å². The molecule has 1 aromatic heterocycles. The molecule has 6 aromatic rings. The number of amides is 2. The molecule has 0 unspecified atom stereocenters. The second-order valence-corrected chi connectivity index (χ2v) is 13.4. The van der Waals surface area contributed by atoms with Crippen molar-refractivity contribution in [3.63, 3.8) is 0 Å². The van der Waals surface area contributed by atoms with Crippen molar-refractivity contribution in [2.75, 3.05) is 11.1 Å². The molecule has 2 heterocycles. The highest BCUT2D eigenvalue weighted by Crippen LogP contribution is 2.40. The molecule has 52 heavy (non-hydrogen) atoms. The van der Waals surface area contributed by atoms with E-state index in [0.29, 0.717) is 24.4 Å². The van der Waals surface area contributed by atoms with Crippen LogP contribution in [0.3, 0.4) is 0 Å². The van der Waals surface area contributed by atoms with Gasteiger partial charge in [0.25, 0.3) is 0 Å². The number of benzene rings is 5. The van der Waals surface area contributed by atoms with Crippen LogP contribution >= 0.6 is 11.8 Å². The van der Waals surface area contributed by atoms with Crippen LogP contribution in [0.2, 0.25) is 0 Å². The summed E-state index contributed by atoms with van der Waals surface area (Å²) in [6, 6.07) is 46.6. The summed E-state index contributed by atoms with van der Waals surface area (Å²) < 4.78 is 18.9. The molecule has 0 spiro atoms. The maximum absolute atomic E-state index is 12.8. The lowest BCUT2D eigenvalue weighted by Crippen LogP contribution is -2.31. The maximum atomic E-state index is 12.8. The number of hydrogen-bond donors (Lipinski definition) is 3. The van der Waals surface area contributed by atoms with Crippen molar-refractivity contribution in [2.45, 2.75) is 43.1 Å². The number of rotatable bonds is 12. The van der Waals surface area contributed by atoms with Gasteiger partial charge in [-0.2, -0.15) is 0 Å². The highest BCUT2D eigenvalue weighted by atomic mass is 32.2. The molecule has 0 saturated carbocycles. The van der Waals surface area contributed by atoms with Gasteiger partial charge in [-0.3, -0.25) is 0 Å². The van der Waals surface area contributed by atoms with Gasteiger partial charge in [0, 0.05) is 36.2 Å². The van der Waals surface area contributed by atoms with E-state index < -0.39 is 6.29 Å². The molecule has 2 amide bonds. The largest absolute Gasteiger partial charge is 0.457 e. The van der Waals surface area contributed by atoms with E-state index in [-0.39, 0.29) is 24.8 Å². The van der Waals surface area contributed by atoms with Crippen LogP contribution in [-0.4, -0.2) is 28.0 Å². The van der Waals surface area contributed by atoms with Gasteiger partial charge in [-0.25, -0.2) is 9.78 Å². The first-order valence-corrected chi connectivity index (χ1v) is 18.2. The number of hydrogen-bond acceptors (Lipinski definition) is 7. The van der Waals surface area contributed by atoms with E-state index in [1.807, 2.05) is 127 Å². The van der Waals surface area contributed by atoms with Crippen LogP contribution in [0, 0.1) is 0 Å². The van der Waals surface area contributed by atoms with Gasteiger partial charge in [0.15, 0.2) is 6.29 Å². The molecule has 1 aliphatic heterocycles. The van der Waals surface area contributed by atoms with Gasteiger partial charge in [0.2, 0.25) is 0 Å². The van der Waals surface area contributed by atoms with Gasteiger partial charge < -0.3 is 30.0 Å². The van der Waals surface area contributed by atoms with Crippen molar-refractivity contribution in [3.8, 4) is 22.6 Å². The first-order valence-electron chi connectivity index (χ1n) is 17.2. The van der Waals surface area contributed by atoms with Crippen molar-refractivity contribution in [1.29, 1.82) is 0 Å². The minimum absolute atomic E-state index is 0.0000999. The zero-order valence-corrected chi connectivity index (χ0v) is 29.2. The lowest BCUT2D eigenvalue weighted by atomic mass is 9.98. The van der Waals surface area contributed by atoms with Crippen LogP contribution in [0.4, 0.5) is 10.5 Å². The van der Waals surface area contributed by atoms with Crippen molar-refractivity contribution >= 4 is 23.5 Å². The minimum Gasteiger partial charge on any atom is -0.457 e. The number of thioether (sulfide) groups is 1. The van der Waals surface area contributed by atoms with Gasteiger partial charge in [-0.05, 0) is 76.3 Å². The lowest BCUT2D eigenvalue weighted by Gasteiger charge is -2.36. The number of para-hydroxylation sites is 1. The molecule has 0 radical (unpaired) electrons. The number of anilines is 1. The molecular weight excluding hydrogens is 671 g/mol. The summed E-state index contributed by atoms with van der Waals surface area (Å²) in [5, 5.41) is 16.4. The van der Waals surface area contributed by atoms with E-state index in [4.69, 9.17) is 14.2 Å². The first-order chi connectivity index (χ1) is 25.6. The Balaban J connectivity index is 0.997. The van der Waals surface area contributed by atoms with E-state index in [1.54, 1.807) is 18.0 Å². The van der Waals surface area contributed by atoms with Crippen molar-refractivity contribution in [2.24, 2.45) is 0 Å². The molecule has 1 aliphatic rings. The minimum atomic E-state index is -0.556. The van der Waals surface area contributed by atoms with Gasteiger partial charge in [-0.1, -0.05) is 97.1 Å². The second kappa shape index (κ2) is 17.2. The molecule has 1 saturated heterocycles. The third-order valence-corrected chi connectivity index (χ3v) is 9.79. The SMILES string of the molecule is O=C(NCc1ccccc1-c1ccc([C@H]2O[C@@H](CSc3ccccn3)C[C@@H](c3ccc(CO)cc3)O2)cc1)Nc1ccc(Oc2ccccc2)cc1. The molecule has 3 atom stereocenters. The average molecular weight is 710 g/mol. The summed E-state index contributed by atoms with van der Waals surface area (Å²) >= 11 is 1.67. The molecule has 262 valence electrons. The predicted molar refractivity (Wildman–Crippen MR) is 204 cm³/mol. The van der Waals surface area contributed by atoms with E-state index in [0.717, 1.165) is 49.9 Å². The fraction of sp³-hybridized carbons (Fsp3) is 0.163. The lowest BCUT2D eigenvalue weighted by molar-refractivity contribution is -0.245. The molecular formula is C43H39N3O5S. The molecule has 8 nitrogen and oxygen atoms in total. The van der Waals surface area contributed by atoms with Gasteiger partial charge in [0.1, 0.15) is 11.5 Å². The van der Waals surface area contributed by atoms with Crippen LogP contribution < -0.4 is 15.4 Å². The van der Waals surface area contributed by atoms with Crippen LogP contribution in [0.25, 0.3) is 11.1 Å². The Kier molecular flexibility index (Phi) is 11.6. The molecule has 3 N–H and O–H groups in total. The number of urea groups is 1. The number of aliphatic hydroxyl groups is 1. The zero-order chi connectivity index (χ0) is 35.5. The van der Waals surface area contributed by atoms with E-state index in [2.05, 4.69) is 33.8 Å². The highest BCUT2D eigenvalue weighted by molar-refractivity contribution is 7.99. The third kappa shape index (κ3) is 9.25. The molecule has 1 fully saturated rings. The Labute approximate surface area is 307 Å². The Hall–Kier alpha value is -5.45. The quantitative estimate of drug-likeness (QED) is 0.109. The Morgan fingerprint density at radius 2 is 1.48 bits per heavy atom. The number of pyridine rings is 1. The predicted octanol–water partition coefficient (Wildman–Crippen LogP) is 9.69. The molecule has 0 bridgehead atoms. The molecule has 0 aliphatic carbocycles. The van der Waals surface area contributed by atoms with Crippen LogP contribution in [-0.2, 0) is 22.6 Å². The normalized spacial score (nSPS) is 16.9. The van der Waals surface area contributed by atoms with E-state index in [9.17, 15) is 9.90 Å². The standard InChI is InChI=1S/C43H39N3O5S/c47-28-30-13-15-32(16-14-30)40-26-38(29-52-41-12-6-7-25-44-41)50-42(51-40)33-19-17-31(18-20-33)39-11-5-4-8-34(39)27-45-43(48)46-35-21-23-37(24-22-35)49-36-9-2-1-3-10-36/h1-25,38,40,42,47H,26-29H2,(H2,45,46,48)/t38-,40+,42+/m1/s1. The van der Waals surface area contributed by atoms with Gasteiger partial charge in [-0.15, -0.1) is 11.8 Å².